The van der Waals surface area contributed by atoms with E-state index >= 15 is 0 Å². The second-order valence-corrected chi connectivity index (χ2v) is 7.08. The summed E-state index contributed by atoms with van der Waals surface area (Å²) >= 11 is 0. The third kappa shape index (κ3) is 5.61. The molecule has 5 heteroatoms. The van der Waals surface area contributed by atoms with Crippen LogP contribution in [0.15, 0.2) is 30.3 Å². The summed E-state index contributed by atoms with van der Waals surface area (Å²) in [4.78, 5) is 9.19. The Hall–Kier alpha value is -2.30. The number of aromatic nitrogens is 2. The normalized spacial score (nSPS) is 15.3. The summed E-state index contributed by atoms with van der Waals surface area (Å²) in [6.45, 7) is 2.81. The van der Waals surface area contributed by atoms with Gasteiger partial charge >= 0.3 is 0 Å². The molecule has 0 spiro atoms. The predicted octanol–water partition coefficient (Wildman–Crippen LogP) is 4.58. The molecule has 3 rings (SSSR count). The molecule has 0 radical (unpaired) electrons. The molecule has 0 saturated heterocycles. The standard InChI is InChI=1S/C21H30N4O/c1-16-14-20(24-18-9-5-3-4-6-10-18)25-21(23-16)22-13-12-17-8-7-11-19(15-17)26-2/h7-8,11,14-15,18H,3-6,9-10,12-13H2,1-2H3,(H2,22,23,24,25). The van der Waals surface area contributed by atoms with E-state index in [0.29, 0.717) is 12.0 Å². The van der Waals surface area contributed by atoms with Crippen LogP contribution >= 0.6 is 0 Å². The van der Waals surface area contributed by atoms with Crippen molar-refractivity contribution >= 4 is 11.8 Å². The first kappa shape index (κ1) is 18.5. The molecule has 1 aliphatic rings. The highest BCUT2D eigenvalue weighted by Crippen LogP contribution is 2.21. The molecule has 0 amide bonds. The maximum Gasteiger partial charge on any atom is 0.224 e. The van der Waals surface area contributed by atoms with Crippen LogP contribution in [0.25, 0.3) is 0 Å². The molecular formula is C21H30N4O. The van der Waals surface area contributed by atoms with Gasteiger partial charge in [0, 0.05) is 24.3 Å². The average Bonchev–Trinajstić information content (AvgIpc) is 2.90. The van der Waals surface area contributed by atoms with E-state index in [4.69, 9.17) is 4.74 Å². The molecule has 0 unspecified atom stereocenters. The van der Waals surface area contributed by atoms with Crippen molar-refractivity contribution in [1.29, 1.82) is 0 Å². The third-order valence-corrected chi connectivity index (χ3v) is 4.89. The van der Waals surface area contributed by atoms with E-state index in [1.165, 1.54) is 44.1 Å². The van der Waals surface area contributed by atoms with Gasteiger partial charge in [-0.05, 0) is 43.9 Å². The summed E-state index contributed by atoms with van der Waals surface area (Å²) in [6.07, 6.45) is 8.72. The van der Waals surface area contributed by atoms with Crippen molar-refractivity contribution in [3.8, 4) is 5.75 Å². The fourth-order valence-electron chi connectivity index (χ4n) is 3.50. The first-order valence-electron chi connectivity index (χ1n) is 9.72. The minimum atomic E-state index is 0.538. The fraction of sp³-hybridized carbons (Fsp3) is 0.524. The van der Waals surface area contributed by atoms with Gasteiger partial charge in [-0.3, -0.25) is 0 Å². The van der Waals surface area contributed by atoms with Crippen LogP contribution in [0.3, 0.4) is 0 Å². The Morgan fingerprint density at radius 3 is 2.65 bits per heavy atom. The van der Waals surface area contributed by atoms with E-state index < -0.39 is 0 Å². The largest absolute Gasteiger partial charge is 0.497 e. The van der Waals surface area contributed by atoms with Crippen molar-refractivity contribution < 1.29 is 4.74 Å². The lowest BCUT2D eigenvalue weighted by atomic mass is 10.1. The Labute approximate surface area is 156 Å². The van der Waals surface area contributed by atoms with E-state index in [9.17, 15) is 0 Å². The second-order valence-electron chi connectivity index (χ2n) is 7.08. The number of rotatable bonds is 7. The van der Waals surface area contributed by atoms with Crippen LogP contribution in [0.4, 0.5) is 11.8 Å². The van der Waals surface area contributed by atoms with Crippen molar-refractivity contribution in [2.45, 2.75) is 57.9 Å². The smallest absolute Gasteiger partial charge is 0.224 e. The quantitative estimate of drug-likeness (QED) is 0.713. The number of nitrogens with one attached hydrogen (secondary N) is 2. The van der Waals surface area contributed by atoms with Gasteiger partial charge in [-0.15, -0.1) is 0 Å². The molecule has 0 bridgehead atoms. The first-order chi connectivity index (χ1) is 12.7. The molecule has 1 aromatic heterocycles. The van der Waals surface area contributed by atoms with Gasteiger partial charge in [0.1, 0.15) is 11.6 Å². The zero-order valence-electron chi connectivity index (χ0n) is 15.9. The Morgan fingerprint density at radius 1 is 1.08 bits per heavy atom. The van der Waals surface area contributed by atoms with Gasteiger partial charge < -0.3 is 15.4 Å². The van der Waals surface area contributed by atoms with Gasteiger partial charge in [0.05, 0.1) is 7.11 Å². The van der Waals surface area contributed by atoms with E-state index in [0.717, 1.165) is 30.2 Å². The molecule has 140 valence electrons. The van der Waals surface area contributed by atoms with Gasteiger partial charge in [-0.2, -0.15) is 4.98 Å². The van der Waals surface area contributed by atoms with E-state index in [2.05, 4.69) is 32.7 Å². The SMILES string of the molecule is COc1cccc(CCNc2nc(C)cc(NC3CCCCCC3)n2)c1. The summed E-state index contributed by atoms with van der Waals surface area (Å²) in [5.74, 6) is 2.53. The summed E-state index contributed by atoms with van der Waals surface area (Å²) in [6, 6.07) is 10.7. The zero-order valence-corrected chi connectivity index (χ0v) is 15.9. The van der Waals surface area contributed by atoms with Crippen LogP contribution in [0.2, 0.25) is 0 Å². The Morgan fingerprint density at radius 2 is 1.88 bits per heavy atom. The van der Waals surface area contributed by atoms with Crippen LogP contribution in [0.1, 0.15) is 49.8 Å². The molecule has 26 heavy (non-hydrogen) atoms. The summed E-state index contributed by atoms with van der Waals surface area (Å²) in [5, 5.41) is 6.98. The number of anilines is 2. The van der Waals surface area contributed by atoms with Gasteiger partial charge in [-0.25, -0.2) is 4.98 Å². The average molecular weight is 354 g/mol. The molecule has 1 aliphatic carbocycles. The van der Waals surface area contributed by atoms with Crippen LogP contribution in [-0.4, -0.2) is 29.7 Å². The topological polar surface area (TPSA) is 59.1 Å². The molecule has 1 heterocycles. The van der Waals surface area contributed by atoms with Gasteiger partial charge in [-0.1, -0.05) is 37.8 Å². The lowest BCUT2D eigenvalue weighted by molar-refractivity contribution is 0.414. The van der Waals surface area contributed by atoms with Crippen molar-refractivity contribution in [3.63, 3.8) is 0 Å². The lowest BCUT2D eigenvalue weighted by Gasteiger charge is -2.17. The predicted molar refractivity (Wildman–Crippen MR) is 107 cm³/mol. The molecule has 0 atom stereocenters. The van der Waals surface area contributed by atoms with Gasteiger partial charge in [0.2, 0.25) is 5.95 Å². The fourth-order valence-corrected chi connectivity index (χ4v) is 3.50. The molecule has 5 nitrogen and oxygen atoms in total. The molecule has 1 aromatic carbocycles. The van der Waals surface area contributed by atoms with Crippen LogP contribution < -0.4 is 15.4 Å². The Balaban J connectivity index is 1.56. The van der Waals surface area contributed by atoms with Crippen molar-refractivity contribution in [1.82, 2.24) is 9.97 Å². The number of benzene rings is 1. The van der Waals surface area contributed by atoms with Crippen LogP contribution in [0.5, 0.6) is 5.75 Å². The maximum atomic E-state index is 5.28. The highest BCUT2D eigenvalue weighted by molar-refractivity contribution is 5.43. The lowest BCUT2D eigenvalue weighted by Crippen LogP contribution is -2.20. The minimum Gasteiger partial charge on any atom is -0.497 e. The summed E-state index contributed by atoms with van der Waals surface area (Å²) < 4.78 is 5.28. The summed E-state index contributed by atoms with van der Waals surface area (Å²) in [5.41, 5.74) is 2.22. The second kappa shape index (κ2) is 9.41. The number of methoxy groups -OCH3 is 1. The summed E-state index contributed by atoms with van der Waals surface area (Å²) in [7, 11) is 1.70. The molecular weight excluding hydrogens is 324 g/mol. The van der Waals surface area contributed by atoms with Crippen molar-refractivity contribution in [2.24, 2.45) is 0 Å². The molecule has 1 saturated carbocycles. The zero-order chi connectivity index (χ0) is 18.2. The minimum absolute atomic E-state index is 0.538. The maximum absolute atomic E-state index is 5.28. The molecule has 2 aromatic rings. The van der Waals surface area contributed by atoms with E-state index in [1.807, 2.05) is 25.1 Å². The van der Waals surface area contributed by atoms with Crippen LogP contribution in [-0.2, 0) is 6.42 Å². The molecule has 2 N–H and O–H groups in total. The monoisotopic (exact) mass is 354 g/mol. The van der Waals surface area contributed by atoms with Crippen LogP contribution in [0, 0.1) is 6.92 Å². The van der Waals surface area contributed by atoms with E-state index in [-0.39, 0.29) is 0 Å². The molecule has 1 fully saturated rings. The molecule has 0 aliphatic heterocycles. The van der Waals surface area contributed by atoms with Gasteiger partial charge in [0.15, 0.2) is 0 Å². The highest BCUT2D eigenvalue weighted by atomic mass is 16.5. The Kier molecular flexibility index (Phi) is 6.69. The number of ether oxygens (including phenoxy) is 1. The van der Waals surface area contributed by atoms with E-state index in [1.54, 1.807) is 7.11 Å². The van der Waals surface area contributed by atoms with Gasteiger partial charge in [0.25, 0.3) is 0 Å². The Bertz CT molecular complexity index is 696. The van der Waals surface area contributed by atoms with Crippen molar-refractivity contribution in [2.75, 3.05) is 24.3 Å². The number of aryl methyl sites for hydroxylation is 1. The number of hydrogen-bond acceptors (Lipinski definition) is 5. The number of nitrogens with zero attached hydrogens (tertiary/aromatic N) is 2. The highest BCUT2D eigenvalue weighted by Gasteiger charge is 2.13. The number of hydrogen-bond donors (Lipinski definition) is 2. The first-order valence-corrected chi connectivity index (χ1v) is 9.72. The third-order valence-electron chi connectivity index (χ3n) is 4.89. The van der Waals surface area contributed by atoms with Crippen molar-refractivity contribution in [3.05, 3.63) is 41.6 Å².